The summed E-state index contributed by atoms with van der Waals surface area (Å²) in [5.74, 6) is 1.27. The van der Waals surface area contributed by atoms with Gasteiger partial charge >= 0.3 is 0 Å². The Morgan fingerprint density at radius 3 is 2.57 bits per heavy atom. The van der Waals surface area contributed by atoms with Gasteiger partial charge < -0.3 is 0 Å². The molecular weight excluding hydrogens is 354 g/mol. The second-order valence-electron chi connectivity index (χ2n) is 8.63. The fourth-order valence-corrected chi connectivity index (χ4v) is 3.73. The Kier molecular flexibility index (Phi) is 4.74. The van der Waals surface area contributed by atoms with Crippen LogP contribution in [0.3, 0.4) is 0 Å². The van der Waals surface area contributed by atoms with E-state index in [2.05, 4.69) is 41.0 Å². The van der Waals surface area contributed by atoms with Crippen LogP contribution in [0, 0.1) is 0 Å². The van der Waals surface area contributed by atoms with Gasteiger partial charge in [-0.1, -0.05) is 20.8 Å². The highest BCUT2D eigenvalue weighted by Gasteiger charge is 2.26. The Morgan fingerprint density at radius 2 is 1.86 bits per heavy atom. The number of aromatic nitrogens is 6. The molecule has 0 N–H and O–H groups in total. The van der Waals surface area contributed by atoms with Crippen molar-refractivity contribution in [3.05, 3.63) is 51.8 Å². The number of hydrogen-bond acceptors (Lipinski definition) is 6. The molecule has 3 aromatic heterocycles. The first kappa shape index (κ1) is 18.7. The molecule has 0 amide bonds. The predicted molar refractivity (Wildman–Crippen MR) is 106 cm³/mol. The third-order valence-electron chi connectivity index (χ3n) is 5.49. The van der Waals surface area contributed by atoms with Gasteiger partial charge in [0.25, 0.3) is 5.56 Å². The van der Waals surface area contributed by atoms with E-state index in [-0.39, 0.29) is 11.0 Å². The SMILES string of the molecule is Cn1nccc(CN2CCC(c3nnc4ccc(C(C)(C)C)nn34)CC2)c1=O. The minimum Gasteiger partial charge on any atom is -0.299 e. The molecule has 4 rings (SSSR count). The Balaban J connectivity index is 1.49. The minimum absolute atomic E-state index is 0.0180. The molecule has 3 aromatic rings. The summed E-state index contributed by atoms with van der Waals surface area (Å²) in [6.45, 7) is 8.98. The molecule has 0 saturated carbocycles. The van der Waals surface area contributed by atoms with Gasteiger partial charge in [-0.15, -0.1) is 10.2 Å². The molecule has 1 fully saturated rings. The van der Waals surface area contributed by atoms with Crippen LogP contribution in [0.2, 0.25) is 0 Å². The molecule has 0 spiro atoms. The maximum absolute atomic E-state index is 12.2. The Bertz CT molecular complexity index is 1040. The van der Waals surface area contributed by atoms with Gasteiger partial charge in [0.15, 0.2) is 11.5 Å². The van der Waals surface area contributed by atoms with Crippen molar-refractivity contribution in [2.45, 2.75) is 51.5 Å². The predicted octanol–water partition coefficient (Wildman–Crippen LogP) is 1.90. The standard InChI is InChI=1S/C20H27N7O/c1-20(2,3)16-5-6-17-22-23-18(27(17)24-16)14-8-11-26(12-9-14)13-15-7-10-21-25(4)19(15)28/h5-7,10,14H,8-9,11-13H2,1-4H3. The van der Waals surface area contributed by atoms with Crippen LogP contribution in [-0.4, -0.2) is 47.6 Å². The first-order valence-electron chi connectivity index (χ1n) is 9.79. The van der Waals surface area contributed by atoms with E-state index in [9.17, 15) is 4.79 Å². The van der Waals surface area contributed by atoms with Gasteiger partial charge in [-0.05, 0) is 44.1 Å². The zero-order valence-electron chi connectivity index (χ0n) is 17.0. The van der Waals surface area contributed by atoms with E-state index < -0.39 is 0 Å². The molecule has 1 saturated heterocycles. The quantitative estimate of drug-likeness (QED) is 0.689. The zero-order valence-corrected chi connectivity index (χ0v) is 17.0. The average Bonchev–Trinajstić information content (AvgIpc) is 3.09. The van der Waals surface area contributed by atoms with E-state index in [0.717, 1.165) is 48.7 Å². The number of hydrogen-bond donors (Lipinski definition) is 0. The monoisotopic (exact) mass is 381 g/mol. The van der Waals surface area contributed by atoms with Gasteiger partial charge in [0.2, 0.25) is 0 Å². The molecule has 4 heterocycles. The summed E-state index contributed by atoms with van der Waals surface area (Å²) in [6.07, 6.45) is 3.64. The van der Waals surface area contributed by atoms with E-state index in [1.54, 1.807) is 13.2 Å². The number of rotatable bonds is 3. The molecule has 148 valence electrons. The summed E-state index contributed by atoms with van der Waals surface area (Å²) in [7, 11) is 1.69. The lowest BCUT2D eigenvalue weighted by atomic mass is 9.92. The highest BCUT2D eigenvalue weighted by Crippen LogP contribution is 2.28. The van der Waals surface area contributed by atoms with E-state index in [1.807, 2.05) is 22.7 Å². The molecule has 0 aliphatic carbocycles. The molecule has 1 aliphatic heterocycles. The van der Waals surface area contributed by atoms with Gasteiger partial charge in [0.1, 0.15) is 0 Å². The number of fused-ring (bicyclic) bond motifs is 1. The molecular formula is C20H27N7O. The number of nitrogens with zero attached hydrogens (tertiary/aromatic N) is 7. The van der Waals surface area contributed by atoms with Crippen LogP contribution < -0.4 is 5.56 Å². The molecule has 8 nitrogen and oxygen atoms in total. The molecule has 8 heteroatoms. The van der Waals surface area contributed by atoms with Gasteiger partial charge in [-0.3, -0.25) is 9.69 Å². The lowest BCUT2D eigenvalue weighted by Gasteiger charge is -2.30. The summed E-state index contributed by atoms with van der Waals surface area (Å²) in [4.78, 5) is 14.5. The highest BCUT2D eigenvalue weighted by molar-refractivity contribution is 5.37. The lowest BCUT2D eigenvalue weighted by Crippen LogP contribution is -2.35. The van der Waals surface area contributed by atoms with Crippen molar-refractivity contribution in [3.8, 4) is 0 Å². The van der Waals surface area contributed by atoms with Gasteiger partial charge in [0, 0.05) is 36.7 Å². The topological polar surface area (TPSA) is 81.2 Å². The Morgan fingerprint density at radius 1 is 1.11 bits per heavy atom. The van der Waals surface area contributed by atoms with Crippen LogP contribution >= 0.6 is 0 Å². The molecule has 0 atom stereocenters. The summed E-state index contributed by atoms with van der Waals surface area (Å²) < 4.78 is 3.31. The molecule has 0 bridgehead atoms. The smallest absolute Gasteiger partial charge is 0.270 e. The molecule has 28 heavy (non-hydrogen) atoms. The summed E-state index contributed by atoms with van der Waals surface area (Å²) in [5.41, 5.74) is 2.58. The van der Waals surface area contributed by atoms with E-state index in [4.69, 9.17) is 5.10 Å². The Labute approximate surface area is 164 Å². The van der Waals surface area contributed by atoms with Crippen molar-refractivity contribution >= 4 is 5.65 Å². The van der Waals surface area contributed by atoms with E-state index in [1.165, 1.54) is 4.68 Å². The van der Waals surface area contributed by atoms with Crippen LogP contribution in [0.5, 0.6) is 0 Å². The third kappa shape index (κ3) is 3.56. The van der Waals surface area contributed by atoms with Crippen LogP contribution in [0.15, 0.2) is 29.2 Å². The van der Waals surface area contributed by atoms with Crippen LogP contribution in [0.4, 0.5) is 0 Å². The fourth-order valence-electron chi connectivity index (χ4n) is 3.73. The average molecular weight is 381 g/mol. The first-order chi connectivity index (χ1) is 13.3. The second-order valence-corrected chi connectivity index (χ2v) is 8.63. The maximum atomic E-state index is 12.2. The minimum atomic E-state index is -0.0213. The van der Waals surface area contributed by atoms with Gasteiger partial charge in [-0.2, -0.15) is 14.7 Å². The maximum Gasteiger partial charge on any atom is 0.270 e. The normalized spacial score (nSPS) is 16.7. The molecule has 0 unspecified atom stereocenters. The van der Waals surface area contributed by atoms with E-state index in [0.29, 0.717) is 12.5 Å². The van der Waals surface area contributed by atoms with Gasteiger partial charge in [-0.25, -0.2) is 4.68 Å². The van der Waals surface area contributed by atoms with Crippen LogP contribution in [-0.2, 0) is 19.0 Å². The van der Waals surface area contributed by atoms with Crippen molar-refractivity contribution in [1.82, 2.24) is 34.5 Å². The highest BCUT2D eigenvalue weighted by atomic mass is 16.1. The van der Waals surface area contributed by atoms with Crippen LogP contribution in [0.25, 0.3) is 5.65 Å². The van der Waals surface area contributed by atoms with E-state index >= 15 is 0 Å². The van der Waals surface area contributed by atoms with Crippen molar-refractivity contribution in [2.75, 3.05) is 13.1 Å². The first-order valence-corrected chi connectivity index (χ1v) is 9.79. The summed E-state index contributed by atoms with van der Waals surface area (Å²) >= 11 is 0. The van der Waals surface area contributed by atoms with Crippen molar-refractivity contribution in [2.24, 2.45) is 7.05 Å². The summed E-state index contributed by atoms with van der Waals surface area (Å²) in [6, 6.07) is 5.85. The third-order valence-corrected chi connectivity index (χ3v) is 5.49. The Hall–Kier alpha value is -2.61. The largest absolute Gasteiger partial charge is 0.299 e. The fraction of sp³-hybridized carbons (Fsp3) is 0.550. The van der Waals surface area contributed by atoms with Crippen LogP contribution in [0.1, 0.15) is 56.6 Å². The van der Waals surface area contributed by atoms with Crippen molar-refractivity contribution in [1.29, 1.82) is 0 Å². The molecule has 0 radical (unpaired) electrons. The second kappa shape index (κ2) is 7.09. The molecule has 0 aromatic carbocycles. The summed E-state index contributed by atoms with van der Waals surface area (Å²) in [5, 5.41) is 17.6. The van der Waals surface area contributed by atoms with Crippen molar-refractivity contribution in [3.63, 3.8) is 0 Å². The lowest BCUT2D eigenvalue weighted by molar-refractivity contribution is 0.199. The number of aryl methyl sites for hydroxylation is 1. The zero-order chi connectivity index (χ0) is 19.9. The van der Waals surface area contributed by atoms with Crippen molar-refractivity contribution < 1.29 is 0 Å². The number of likely N-dealkylation sites (tertiary alicyclic amines) is 1. The van der Waals surface area contributed by atoms with Gasteiger partial charge in [0.05, 0.1) is 5.69 Å². The number of piperidine rings is 1. The molecule has 1 aliphatic rings.